The lowest BCUT2D eigenvalue weighted by Gasteiger charge is -1.86. The molecule has 2 aliphatic carbocycles. The summed E-state index contributed by atoms with van der Waals surface area (Å²) >= 11 is 0. The molecule has 0 spiro atoms. The molecule has 2 aliphatic rings. The molecule has 0 aromatic carbocycles. The Hall–Kier alpha value is -0.780. The lowest BCUT2D eigenvalue weighted by atomic mass is 10.2. The SMILES string of the molecule is C.C1=CC2=C(C=CC2)C1. The molecule has 48 valence electrons. The molecule has 0 atom stereocenters. The predicted octanol–water partition coefficient (Wildman–Crippen LogP) is 2.84. The first-order valence-corrected chi connectivity index (χ1v) is 3.02. The fourth-order valence-electron chi connectivity index (χ4n) is 1.27. The molecule has 0 N–H and O–H groups in total. The fourth-order valence-corrected chi connectivity index (χ4v) is 1.27. The van der Waals surface area contributed by atoms with E-state index in [1.165, 1.54) is 24.0 Å². The highest BCUT2D eigenvalue weighted by Gasteiger charge is 2.08. The molecule has 0 radical (unpaired) electrons. The van der Waals surface area contributed by atoms with Gasteiger partial charge in [0, 0.05) is 0 Å². The molecular weight excluding hydrogens is 108 g/mol. The summed E-state index contributed by atoms with van der Waals surface area (Å²) in [6.45, 7) is 0. The summed E-state index contributed by atoms with van der Waals surface area (Å²) in [4.78, 5) is 0. The van der Waals surface area contributed by atoms with E-state index in [1.54, 1.807) is 0 Å². The predicted molar refractivity (Wildman–Crippen MR) is 41.3 cm³/mol. The molecule has 0 saturated carbocycles. The largest absolute Gasteiger partial charge is 0.0798 e. The van der Waals surface area contributed by atoms with Crippen LogP contribution in [0.5, 0.6) is 0 Å². The van der Waals surface area contributed by atoms with E-state index in [-0.39, 0.29) is 7.43 Å². The zero-order chi connectivity index (χ0) is 5.40. The Labute approximate surface area is 56.6 Å². The maximum absolute atomic E-state index is 2.23. The van der Waals surface area contributed by atoms with Crippen LogP contribution in [0.1, 0.15) is 20.3 Å². The average molecular weight is 120 g/mol. The van der Waals surface area contributed by atoms with E-state index in [2.05, 4.69) is 24.3 Å². The van der Waals surface area contributed by atoms with Gasteiger partial charge in [0.15, 0.2) is 0 Å². The molecule has 0 aromatic heterocycles. The number of rotatable bonds is 0. The van der Waals surface area contributed by atoms with Crippen LogP contribution in [-0.2, 0) is 0 Å². The van der Waals surface area contributed by atoms with Crippen LogP contribution in [0.4, 0.5) is 0 Å². The highest BCUT2D eigenvalue weighted by Crippen LogP contribution is 2.27. The van der Waals surface area contributed by atoms with Crippen molar-refractivity contribution in [1.82, 2.24) is 0 Å². The van der Waals surface area contributed by atoms with Gasteiger partial charge in [-0.05, 0) is 24.0 Å². The molecule has 2 rings (SSSR count). The standard InChI is InChI=1S/C8H8.CH4/c1-3-7-5-2-6-8(7)4-1;/h1-3,6H,4-5H2;1H4. The molecular formula is C9H12. The maximum atomic E-state index is 2.23. The Morgan fingerprint density at radius 2 is 1.33 bits per heavy atom. The second-order valence-electron chi connectivity index (χ2n) is 2.26. The smallest absolute Gasteiger partial charge is 0.00915 e. The average Bonchev–Trinajstić information content (AvgIpc) is 2.15. The summed E-state index contributed by atoms with van der Waals surface area (Å²) < 4.78 is 0. The van der Waals surface area contributed by atoms with Crippen LogP contribution in [0, 0.1) is 0 Å². The molecule has 0 bridgehead atoms. The van der Waals surface area contributed by atoms with Crippen LogP contribution in [0.15, 0.2) is 35.5 Å². The van der Waals surface area contributed by atoms with Crippen molar-refractivity contribution in [3.05, 3.63) is 35.5 Å². The topological polar surface area (TPSA) is 0 Å². The van der Waals surface area contributed by atoms with E-state index in [4.69, 9.17) is 0 Å². The molecule has 0 unspecified atom stereocenters. The van der Waals surface area contributed by atoms with Crippen molar-refractivity contribution in [2.75, 3.05) is 0 Å². The highest BCUT2D eigenvalue weighted by atomic mass is 14.1. The van der Waals surface area contributed by atoms with Crippen molar-refractivity contribution < 1.29 is 0 Å². The van der Waals surface area contributed by atoms with Gasteiger partial charge in [0.1, 0.15) is 0 Å². The minimum absolute atomic E-state index is 0. The monoisotopic (exact) mass is 120 g/mol. The van der Waals surface area contributed by atoms with Crippen LogP contribution in [0.25, 0.3) is 0 Å². The first-order valence-electron chi connectivity index (χ1n) is 3.02. The van der Waals surface area contributed by atoms with Gasteiger partial charge in [-0.3, -0.25) is 0 Å². The van der Waals surface area contributed by atoms with Gasteiger partial charge in [-0.2, -0.15) is 0 Å². The molecule has 0 saturated heterocycles. The Morgan fingerprint density at radius 3 is 1.78 bits per heavy atom. The fraction of sp³-hybridized carbons (Fsp3) is 0.333. The van der Waals surface area contributed by atoms with Crippen molar-refractivity contribution in [2.24, 2.45) is 0 Å². The van der Waals surface area contributed by atoms with Crippen LogP contribution in [0.3, 0.4) is 0 Å². The highest BCUT2D eigenvalue weighted by molar-refractivity contribution is 5.45. The first-order chi connectivity index (χ1) is 3.97. The maximum Gasteiger partial charge on any atom is -0.00915 e. The normalized spacial score (nSPS) is 20.4. The van der Waals surface area contributed by atoms with Gasteiger partial charge in [0.2, 0.25) is 0 Å². The lowest BCUT2D eigenvalue weighted by molar-refractivity contribution is 1.30. The minimum Gasteiger partial charge on any atom is -0.0798 e. The van der Waals surface area contributed by atoms with E-state index in [0.717, 1.165) is 0 Å². The minimum atomic E-state index is 0. The summed E-state index contributed by atoms with van der Waals surface area (Å²) in [6.07, 6.45) is 11.3. The van der Waals surface area contributed by atoms with Crippen LogP contribution in [-0.4, -0.2) is 0 Å². The second-order valence-corrected chi connectivity index (χ2v) is 2.26. The quantitative estimate of drug-likeness (QED) is 0.461. The van der Waals surface area contributed by atoms with E-state index >= 15 is 0 Å². The Kier molecular flexibility index (Phi) is 1.56. The molecule has 0 nitrogen and oxygen atoms in total. The van der Waals surface area contributed by atoms with Crippen molar-refractivity contribution in [1.29, 1.82) is 0 Å². The van der Waals surface area contributed by atoms with E-state index < -0.39 is 0 Å². The number of hydrogen-bond donors (Lipinski definition) is 0. The molecule has 0 heteroatoms. The second kappa shape index (κ2) is 2.22. The summed E-state index contributed by atoms with van der Waals surface area (Å²) in [5.74, 6) is 0. The number of hydrogen-bond acceptors (Lipinski definition) is 0. The van der Waals surface area contributed by atoms with Crippen molar-refractivity contribution >= 4 is 0 Å². The third-order valence-corrected chi connectivity index (χ3v) is 1.73. The Morgan fingerprint density at radius 1 is 0.889 bits per heavy atom. The molecule has 9 heavy (non-hydrogen) atoms. The van der Waals surface area contributed by atoms with Gasteiger partial charge in [-0.25, -0.2) is 0 Å². The number of allylic oxidation sites excluding steroid dienone is 6. The van der Waals surface area contributed by atoms with Crippen LogP contribution in [0.2, 0.25) is 0 Å². The van der Waals surface area contributed by atoms with Crippen LogP contribution >= 0.6 is 0 Å². The van der Waals surface area contributed by atoms with Gasteiger partial charge >= 0.3 is 0 Å². The van der Waals surface area contributed by atoms with E-state index in [9.17, 15) is 0 Å². The summed E-state index contributed by atoms with van der Waals surface area (Å²) in [6, 6.07) is 0. The summed E-state index contributed by atoms with van der Waals surface area (Å²) in [5.41, 5.74) is 3.06. The molecule has 0 fully saturated rings. The van der Waals surface area contributed by atoms with E-state index in [0.29, 0.717) is 0 Å². The van der Waals surface area contributed by atoms with Gasteiger partial charge in [-0.15, -0.1) is 0 Å². The third kappa shape index (κ3) is 0.849. The lowest BCUT2D eigenvalue weighted by Crippen LogP contribution is -1.67. The van der Waals surface area contributed by atoms with Crippen LogP contribution < -0.4 is 0 Å². The van der Waals surface area contributed by atoms with Gasteiger partial charge in [-0.1, -0.05) is 31.7 Å². The summed E-state index contributed by atoms with van der Waals surface area (Å²) in [7, 11) is 0. The third-order valence-electron chi connectivity index (χ3n) is 1.73. The van der Waals surface area contributed by atoms with Gasteiger partial charge in [0.05, 0.1) is 0 Å². The molecule has 0 aromatic rings. The van der Waals surface area contributed by atoms with Gasteiger partial charge in [0.25, 0.3) is 0 Å². The zero-order valence-electron chi connectivity index (χ0n) is 4.72. The molecule has 0 aliphatic heterocycles. The van der Waals surface area contributed by atoms with Crippen molar-refractivity contribution in [2.45, 2.75) is 20.3 Å². The zero-order valence-corrected chi connectivity index (χ0v) is 4.72. The van der Waals surface area contributed by atoms with Crippen molar-refractivity contribution in [3.63, 3.8) is 0 Å². The molecule has 0 amide bonds. The van der Waals surface area contributed by atoms with Crippen molar-refractivity contribution in [3.8, 4) is 0 Å². The first kappa shape index (κ1) is 6.34. The Balaban J connectivity index is 0.000000405. The Bertz CT molecular complexity index is 170. The summed E-state index contributed by atoms with van der Waals surface area (Å²) in [5, 5.41) is 0. The van der Waals surface area contributed by atoms with Gasteiger partial charge < -0.3 is 0 Å². The van der Waals surface area contributed by atoms with E-state index in [1.807, 2.05) is 0 Å². The molecule has 0 heterocycles.